The predicted octanol–water partition coefficient (Wildman–Crippen LogP) is 0.786. The van der Waals surface area contributed by atoms with Gasteiger partial charge in [-0.25, -0.2) is 9.67 Å². The van der Waals surface area contributed by atoms with Crippen molar-refractivity contribution in [3.63, 3.8) is 0 Å². The summed E-state index contributed by atoms with van der Waals surface area (Å²) in [7, 11) is 0. The zero-order valence-corrected chi connectivity index (χ0v) is 12.1. The average Bonchev–Trinajstić information content (AvgIpc) is 3.07. The zero-order valence-electron chi connectivity index (χ0n) is 12.1. The molecule has 3 aromatic rings. The molecule has 1 aliphatic heterocycles. The Morgan fingerprint density at radius 1 is 1.23 bits per heavy atom. The minimum Gasteiger partial charge on any atom is -0.392 e. The highest BCUT2D eigenvalue weighted by molar-refractivity contribution is 5.74. The van der Waals surface area contributed by atoms with Gasteiger partial charge in [0, 0.05) is 5.56 Å². The molecule has 0 spiro atoms. The largest absolute Gasteiger partial charge is 0.392 e. The van der Waals surface area contributed by atoms with Crippen LogP contribution in [-0.2, 0) is 19.8 Å². The van der Waals surface area contributed by atoms with Crippen molar-refractivity contribution in [2.45, 2.75) is 26.7 Å². The van der Waals surface area contributed by atoms with E-state index in [9.17, 15) is 10.2 Å². The van der Waals surface area contributed by atoms with Gasteiger partial charge in [0.25, 0.3) is 0 Å². The Hall–Kier alpha value is -2.51. The fourth-order valence-corrected chi connectivity index (χ4v) is 2.99. The number of hydrogen-bond acceptors (Lipinski definition) is 5. The van der Waals surface area contributed by atoms with Gasteiger partial charge in [0.15, 0.2) is 0 Å². The second-order valence-corrected chi connectivity index (χ2v) is 5.36. The smallest absolute Gasteiger partial charge is 0.0999 e. The molecule has 2 aromatic heterocycles. The van der Waals surface area contributed by atoms with E-state index in [1.165, 1.54) is 0 Å². The van der Waals surface area contributed by atoms with Crippen LogP contribution in [0.1, 0.15) is 22.6 Å². The van der Waals surface area contributed by atoms with Crippen molar-refractivity contribution in [3.05, 3.63) is 47.2 Å². The summed E-state index contributed by atoms with van der Waals surface area (Å²) >= 11 is 0. The Morgan fingerprint density at radius 3 is 2.86 bits per heavy atom. The molecule has 0 fully saturated rings. The van der Waals surface area contributed by atoms with Gasteiger partial charge in [-0.05, 0) is 24.6 Å². The van der Waals surface area contributed by atoms with Gasteiger partial charge >= 0.3 is 0 Å². The van der Waals surface area contributed by atoms with Crippen LogP contribution in [0.25, 0.3) is 16.9 Å². The van der Waals surface area contributed by atoms with Crippen molar-refractivity contribution in [2.75, 3.05) is 0 Å². The second kappa shape index (κ2) is 4.75. The molecule has 4 rings (SSSR count). The predicted molar refractivity (Wildman–Crippen MR) is 78.3 cm³/mol. The van der Waals surface area contributed by atoms with Crippen molar-refractivity contribution >= 4 is 0 Å². The number of aryl methyl sites for hydroxylation is 1. The summed E-state index contributed by atoms with van der Waals surface area (Å²) in [6.45, 7) is 2.28. The minimum atomic E-state index is -0.116. The molecule has 22 heavy (non-hydrogen) atoms. The summed E-state index contributed by atoms with van der Waals surface area (Å²) in [5.74, 6) is 0. The van der Waals surface area contributed by atoms with Gasteiger partial charge in [-0.3, -0.25) is 0 Å². The maximum absolute atomic E-state index is 9.50. The summed E-state index contributed by atoms with van der Waals surface area (Å²) in [6, 6.07) is 5.79. The molecule has 112 valence electrons. The van der Waals surface area contributed by atoms with Crippen molar-refractivity contribution < 1.29 is 10.2 Å². The molecule has 2 N–H and O–H groups in total. The lowest BCUT2D eigenvalue weighted by molar-refractivity contribution is 0.275. The van der Waals surface area contributed by atoms with E-state index in [-0.39, 0.29) is 13.2 Å². The third kappa shape index (κ3) is 1.73. The highest BCUT2D eigenvalue weighted by Crippen LogP contribution is 2.34. The monoisotopic (exact) mass is 297 g/mol. The number of benzene rings is 1. The average molecular weight is 297 g/mol. The molecule has 0 atom stereocenters. The molecule has 0 aliphatic carbocycles. The van der Waals surface area contributed by atoms with Crippen LogP contribution in [0.2, 0.25) is 0 Å². The molecule has 3 heterocycles. The molecule has 0 saturated carbocycles. The van der Waals surface area contributed by atoms with Gasteiger partial charge in [0.1, 0.15) is 0 Å². The summed E-state index contributed by atoms with van der Waals surface area (Å²) < 4.78 is 3.78. The fourth-order valence-electron chi connectivity index (χ4n) is 2.99. The molecular weight excluding hydrogens is 282 g/mol. The van der Waals surface area contributed by atoms with Crippen LogP contribution in [0.3, 0.4) is 0 Å². The minimum absolute atomic E-state index is 0.0213. The van der Waals surface area contributed by atoms with E-state index in [0.717, 1.165) is 33.9 Å². The van der Waals surface area contributed by atoms with Gasteiger partial charge in [-0.1, -0.05) is 11.3 Å². The van der Waals surface area contributed by atoms with Crippen molar-refractivity contribution in [1.29, 1.82) is 0 Å². The summed E-state index contributed by atoms with van der Waals surface area (Å²) in [4.78, 5) is 4.28. The SMILES string of the molecule is Cc1nnn2c1-c1cc(CO)ccc1-n1cnc(CO)c1C2. The van der Waals surface area contributed by atoms with Gasteiger partial charge in [0.05, 0.1) is 54.5 Å². The number of imidazole rings is 1. The number of nitrogens with zero attached hydrogens (tertiary/aromatic N) is 5. The molecule has 1 aliphatic rings. The topological polar surface area (TPSA) is 89.0 Å². The Morgan fingerprint density at radius 2 is 2.09 bits per heavy atom. The van der Waals surface area contributed by atoms with Crippen LogP contribution in [-0.4, -0.2) is 34.8 Å². The van der Waals surface area contributed by atoms with Crippen molar-refractivity contribution in [3.8, 4) is 16.9 Å². The Kier molecular flexibility index (Phi) is 2.85. The van der Waals surface area contributed by atoms with Crippen LogP contribution < -0.4 is 0 Å². The highest BCUT2D eigenvalue weighted by Gasteiger charge is 2.24. The number of fused-ring (bicyclic) bond motifs is 5. The third-order valence-electron chi connectivity index (χ3n) is 4.06. The van der Waals surface area contributed by atoms with Gasteiger partial charge in [-0.15, -0.1) is 5.10 Å². The third-order valence-corrected chi connectivity index (χ3v) is 4.06. The molecule has 0 saturated heterocycles. The second-order valence-electron chi connectivity index (χ2n) is 5.36. The molecule has 7 nitrogen and oxygen atoms in total. The lowest BCUT2D eigenvalue weighted by Crippen LogP contribution is -2.07. The summed E-state index contributed by atoms with van der Waals surface area (Å²) in [5, 5.41) is 27.3. The molecule has 1 aromatic carbocycles. The van der Waals surface area contributed by atoms with Crippen LogP contribution in [0.4, 0.5) is 0 Å². The quantitative estimate of drug-likeness (QED) is 0.571. The van der Waals surface area contributed by atoms with Crippen LogP contribution in [0.5, 0.6) is 0 Å². The first-order chi connectivity index (χ1) is 10.7. The summed E-state index contributed by atoms with van der Waals surface area (Å²) in [6.07, 6.45) is 1.72. The molecule has 7 heteroatoms. The number of aliphatic hydroxyl groups excluding tert-OH is 2. The van der Waals surface area contributed by atoms with Crippen LogP contribution >= 0.6 is 0 Å². The standard InChI is InChI=1S/C15H15N5O2/c1-9-15-11-4-10(6-21)2-3-13(11)19-8-16-12(7-22)14(19)5-20(15)18-17-9/h2-4,8,21-22H,5-7H2,1H3. The van der Waals surface area contributed by atoms with E-state index in [2.05, 4.69) is 15.3 Å². The van der Waals surface area contributed by atoms with E-state index in [1.807, 2.05) is 34.4 Å². The van der Waals surface area contributed by atoms with Crippen molar-refractivity contribution in [2.24, 2.45) is 0 Å². The lowest BCUT2D eigenvalue weighted by atomic mass is 10.0. The van der Waals surface area contributed by atoms with Gasteiger partial charge < -0.3 is 14.8 Å². The first kappa shape index (κ1) is 13.2. The first-order valence-corrected chi connectivity index (χ1v) is 7.03. The van der Waals surface area contributed by atoms with Gasteiger partial charge in [0.2, 0.25) is 0 Å². The van der Waals surface area contributed by atoms with E-state index in [0.29, 0.717) is 12.2 Å². The van der Waals surface area contributed by atoms with E-state index in [4.69, 9.17) is 0 Å². The number of aromatic nitrogens is 5. The van der Waals surface area contributed by atoms with Crippen molar-refractivity contribution in [1.82, 2.24) is 24.5 Å². The number of rotatable bonds is 2. The maximum Gasteiger partial charge on any atom is 0.0999 e. The molecular formula is C15H15N5O2. The van der Waals surface area contributed by atoms with E-state index >= 15 is 0 Å². The fraction of sp³-hybridized carbons (Fsp3) is 0.267. The molecule has 0 radical (unpaired) electrons. The van der Waals surface area contributed by atoms with E-state index in [1.54, 1.807) is 6.33 Å². The number of hydrogen-bond donors (Lipinski definition) is 2. The highest BCUT2D eigenvalue weighted by atomic mass is 16.3. The van der Waals surface area contributed by atoms with Crippen LogP contribution in [0.15, 0.2) is 24.5 Å². The zero-order chi connectivity index (χ0) is 15.3. The molecule has 0 unspecified atom stereocenters. The molecule has 0 amide bonds. The lowest BCUT2D eigenvalue weighted by Gasteiger charge is -2.10. The Labute approximate surface area is 126 Å². The van der Waals surface area contributed by atoms with E-state index < -0.39 is 0 Å². The summed E-state index contributed by atoms with van der Waals surface area (Å²) in [5.41, 5.74) is 6.02. The first-order valence-electron chi connectivity index (χ1n) is 7.03. The maximum atomic E-state index is 9.50. The Balaban J connectivity index is 2.07. The normalized spacial score (nSPS) is 12.5. The Bertz CT molecular complexity index is 865. The van der Waals surface area contributed by atoms with Gasteiger partial charge in [-0.2, -0.15) is 0 Å². The molecule has 0 bridgehead atoms. The number of aliphatic hydroxyl groups is 2. The van der Waals surface area contributed by atoms with Crippen LogP contribution in [0, 0.1) is 6.92 Å².